The zero-order chi connectivity index (χ0) is 14.9. The van der Waals surface area contributed by atoms with Gasteiger partial charge in [-0.1, -0.05) is 11.6 Å². The minimum Gasteiger partial charge on any atom is -0.478 e. The van der Waals surface area contributed by atoms with Crippen molar-refractivity contribution in [1.29, 1.82) is 0 Å². The second kappa shape index (κ2) is 5.14. The molecule has 0 aliphatic carbocycles. The van der Waals surface area contributed by atoms with Crippen LogP contribution < -0.4 is 4.72 Å². The van der Waals surface area contributed by atoms with Crippen molar-refractivity contribution in [3.8, 4) is 0 Å². The number of nitrogens with zero attached hydrogens (tertiary/aromatic N) is 2. The van der Waals surface area contributed by atoms with Gasteiger partial charge in [0.2, 0.25) is 0 Å². The quantitative estimate of drug-likeness (QED) is 0.891. The van der Waals surface area contributed by atoms with Crippen LogP contribution in [-0.4, -0.2) is 29.3 Å². The molecule has 0 aliphatic heterocycles. The van der Waals surface area contributed by atoms with Gasteiger partial charge in [-0.15, -0.1) is 0 Å². The van der Waals surface area contributed by atoms with Gasteiger partial charge in [-0.05, 0) is 24.3 Å². The van der Waals surface area contributed by atoms with Gasteiger partial charge in [-0.25, -0.2) is 4.79 Å². The number of hydrogen-bond acceptors (Lipinski definition) is 4. The summed E-state index contributed by atoms with van der Waals surface area (Å²) in [6.07, 6.45) is 1.34. The molecule has 7 nitrogen and oxygen atoms in total. The number of carbonyl (C=O) groups is 1. The molecule has 0 unspecified atom stereocenters. The number of carboxylic acids is 1. The van der Waals surface area contributed by atoms with Gasteiger partial charge in [-0.3, -0.25) is 9.40 Å². The molecule has 1 aromatic carbocycles. The minimum atomic E-state index is -3.86. The molecule has 106 valence electrons. The predicted molar refractivity (Wildman–Crippen MR) is 72.4 cm³/mol. The lowest BCUT2D eigenvalue weighted by Crippen LogP contribution is -2.17. The number of sulfonamides is 1. The van der Waals surface area contributed by atoms with Crippen molar-refractivity contribution in [3.05, 3.63) is 41.0 Å². The molecule has 20 heavy (non-hydrogen) atoms. The minimum absolute atomic E-state index is 0.0469. The van der Waals surface area contributed by atoms with E-state index >= 15 is 0 Å². The second-order valence-corrected chi connectivity index (χ2v) is 6.00. The van der Waals surface area contributed by atoms with Crippen LogP contribution in [0.1, 0.15) is 10.4 Å². The maximum absolute atomic E-state index is 12.1. The first-order valence-corrected chi connectivity index (χ1v) is 7.20. The number of aromatic nitrogens is 2. The van der Waals surface area contributed by atoms with Crippen LogP contribution in [0.5, 0.6) is 0 Å². The molecule has 0 atom stereocenters. The smallest absolute Gasteiger partial charge is 0.335 e. The standard InChI is InChI=1S/C11H10ClN3O4S/c1-15-10(2-3-13-15)20(18,19)14-9-5-7(11(16)17)4-8(12)6-9/h2-6,14H,1H3,(H,16,17). The van der Waals surface area contributed by atoms with Gasteiger partial charge in [0.25, 0.3) is 10.0 Å². The van der Waals surface area contributed by atoms with Crippen molar-refractivity contribution >= 4 is 33.3 Å². The van der Waals surface area contributed by atoms with Gasteiger partial charge in [0.05, 0.1) is 17.4 Å². The van der Waals surface area contributed by atoms with E-state index in [1.165, 1.54) is 42.2 Å². The number of aryl methyl sites for hydroxylation is 1. The maximum atomic E-state index is 12.1. The molecule has 2 N–H and O–H groups in total. The van der Waals surface area contributed by atoms with Crippen LogP contribution in [0.15, 0.2) is 35.5 Å². The molecule has 0 radical (unpaired) electrons. The highest BCUT2D eigenvalue weighted by atomic mass is 35.5. The van der Waals surface area contributed by atoms with Crippen LogP contribution in [0, 0.1) is 0 Å². The average Bonchev–Trinajstić information content (AvgIpc) is 2.74. The van der Waals surface area contributed by atoms with E-state index < -0.39 is 16.0 Å². The van der Waals surface area contributed by atoms with Gasteiger partial charge >= 0.3 is 5.97 Å². The van der Waals surface area contributed by atoms with Crippen LogP contribution in [0.2, 0.25) is 5.02 Å². The number of anilines is 1. The number of benzene rings is 1. The zero-order valence-corrected chi connectivity index (χ0v) is 11.8. The van der Waals surface area contributed by atoms with E-state index in [-0.39, 0.29) is 21.3 Å². The first-order valence-electron chi connectivity index (χ1n) is 5.34. The lowest BCUT2D eigenvalue weighted by Gasteiger charge is -2.09. The SMILES string of the molecule is Cn1nccc1S(=O)(=O)Nc1cc(Cl)cc(C(=O)O)c1. The molecule has 0 aliphatic rings. The summed E-state index contributed by atoms with van der Waals surface area (Å²) in [6.45, 7) is 0. The van der Waals surface area contributed by atoms with E-state index in [4.69, 9.17) is 16.7 Å². The van der Waals surface area contributed by atoms with Crippen molar-refractivity contribution < 1.29 is 18.3 Å². The van der Waals surface area contributed by atoms with Crippen molar-refractivity contribution in [2.45, 2.75) is 5.03 Å². The van der Waals surface area contributed by atoms with E-state index in [0.29, 0.717) is 0 Å². The molecule has 1 heterocycles. The topological polar surface area (TPSA) is 101 Å². The predicted octanol–water partition coefficient (Wildman–Crippen LogP) is 1.57. The van der Waals surface area contributed by atoms with E-state index in [9.17, 15) is 13.2 Å². The fourth-order valence-electron chi connectivity index (χ4n) is 1.60. The van der Waals surface area contributed by atoms with Crippen molar-refractivity contribution in [2.24, 2.45) is 7.05 Å². The summed E-state index contributed by atoms with van der Waals surface area (Å²) in [5.74, 6) is -1.20. The van der Waals surface area contributed by atoms with Crippen molar-refractivity contribution in [3.63, 3.8) is 0 Å². The Morgan fingerprint density at radius 2 is 2.10 bits per heavy atom. The van der Waals surface area contributed by atoms with E-state index in [1.54, 1.807) is 0 Å². The van der Waals surface area contributed by atoms with Gasteiger partial charge in [-0.2, -0.15) is 13.5 Å². The first kappa shape index (κ1) is 14.4. The molecule has 0 fully saturated rings. The molecular formula is C11H10ClN3O4S. The zero-order valence-electron chi connectivity index (χ0n) is 10.2. The van der Waals surface area contributed by atoms with Crippen LogP contribution in [0.3, 0.4) is 0 Å². The Bertz CT molecular complexity index is 770. The van der Waals surface area contributed by atoms with Crippen LogP contribution in [-0.2, 0) is 17.1 Å². The summed E-state index contributed by atoms with van der Waals surface area (Å²) < 4.78 is 27.7. The van der Waals surface area contributed by atoms with E-state index in [0.717, 1.165) is 0 Å². The first-order chi connectivity index (χ1) is 9.29. The normalized spacial score (nSPS) is 11.3. The third kappa shape index (κ3) is 2.91. The fraction of sp³-hybridized carbons (Fsp3) is 0.0909. The summed E-state index contributed by atoms with van der Waals surface area (Å²) in [5, 5.41) is 12.7. The Morgan fingerprint density at radius 1 is 1.40 bits per heavy atom. The largest absolute Gasteiger partial charge is 0.478 e. The number of aromatic carboxylic acids is 1. The summed E-state index contributed by atoms with van der Waals surface area (Å²) in [5.41, 5.74) is -0.0451. The van der Waals surface area contributed by atoms with Gasteiger partial charge in [0, 0.05) is 12.1 Å². The van der Waals surface area contributed by atoms with Gasteiger partial charge in [0.15, 0.2) is 5.03 Å². The van der Waals surface area contributed by atoms with Crippen molar-refractivity contribution in [1.82, 2.24) is 9.78 Å². The summed E-state index contributed by atoms with van der Waals surface area (Å²) in [6, 6.07) is 5.06. The lowest BCUT2D eigenvalue weighted by molar-refractivity contribution is 0.0697. The molecule has 0 saturated heterocycles. The fourth-order valence-corrected chi connectivity index (χ4v) is 3.01. The Balaban J connectivity index is 2.40. The summed E-state index contributed by atoms with van der Waals surface area (Å²) in [7, 11) is -2.38. The Kier molecular flexibility index (Phi) is 3.69. The average molecular weight is 316 g/mol. The molecule has 1 aromatic heterocycles. The second-order valence-electron chi connectivity index (χ2n) is 3.93. The molecule has 2 rings (SSSR count). The van der Waals surface area contributed by atoms with Gasteiger partial charge in [0.1, 0.15) is 0 Å². The molecule has 0 saturated carbocycles. The Morgan fingerprint density at radius 3 is 2.65 bits per heavy atom. The number of carboxylic acid groups (broad SMARTS) is 1. The number of nitrogens with one attached hydrogen (secondary N) is 1. The molecule has 9 heteroatoms. The Labute approximate surface area is 119 Å². The maximum Gasteiger partial charge on any atom is 0.335 e. The third-order valence-electron chi connectivity index (χ3n) is 2.45. The van der Waals surface area contributed by atoms with Crippen LogP contribution >= 0.6 is 11.6 Å². The highest BCUT2D eigenvalue weighted by molar-refractivity contribution is 7.92. The van der Waals surface area contributed by atoms with E-state index in [1.807, 2.05) is 0 Å². The van der Waals surface area contributed by atoms with Gasteiger partial charge < -0.3 is 5.11 Å². The number of hydrogen-bond donors (Lipinski definition) is 2. The van der Waals surface area contributed by atoms with Crippen molar-refractivity contribution in [2.75, 3.05) is 4.72 Å². The van der Waals surface area contributed by atoms with Crippen LogP contribution in [0.4, 0.5) is 5.69 Å². The highest BCUT2D eigenvalue weighted by Crippen LogP contribution is 2.22. The molecular weight excluding hydrogens is 306 g/mol. The number of halogens is 1. The third-order valence-corrected chi connectivity index (χ3v) is 4.12. The highest BCUT2D eigenvalue weighted by Gasteiger charge is 2.19. The lowest BCUT2D eigenvalue weighted by atomic mass is 10.2. The van der Waals surface area contributed by atoms with Crippen LogP contribution in [0.25, 0.3) is 0 Å². The van der Waals surface area contributed by atoms with E-state index in [2.05, 4.69) is 9.82 Å². The molecule has 0 amide bonds. The summed E-state index contributed by atoms with van der Waals surface area (Å²) in [4.78, 5) is 10.9. The molecule has 0 bridgehead atoms. The monoisotopic (exact) mass is 315 g/mol. The molecule has 0 spiro atoms. The number of rotatable bonds is 4. The molecule has 2 aromatic rings. The summed E-state index contributed by atoms with van der Waals surface area (Å²) >= 11 is 5.76. The Hall–Kier alpha value is -2.06.